The van der Waals surface area contributed by atoms with Gasteiger partial charge in [-0.15, -0.1) is 0 Å². The van der Waals surface area contributed by atoms with E-state index in [1.807, 2.05) is 13.8 Å². The molecule has 6 heteroatoms. The van der Waals surface area contributed by atoms with Crippen LogP contribution in [0.4, 0.5) is 4.39 Å². The van der Waals surface area contributed by atoms with Gasteiger partial charge >= 0.3 is 0 Å². The number of hydrogen-bond acceptors (Lipinski definition) is 3. The van der Waals surface area contributed by atoms with Gasteiger partial charge in [0.25, 0.3) is 5.91 Å². The van der Waals surface area contributed by atoms with Crippen LogP contribution in [0.15, 0.2) is 36.4 Å². The molecule has 0 unspecified atom stereocenters. The minimum atomic E-state index is -0.319. The first-order chi connectivity index (χ1) is 11.5. The average Bonchev–Trinajstić information content (AvgIpc) is 2.56. The van der Waals surface area contributed by atoms with E-state index in [4.69, 9.17) is 21.1 Å². The summed E-state index contributed by atoms with van der Waals surface area (Å²) >= 11 is 6.09. The Morgan fingerprint density at radius 2 is 1.71 bits per heavy atom. The molecule has 0 heterocycles. The Labute approximate surface area is 145 Å². The molecule has 0 spiro atoms. The number of rotatable bonds is 7. The number of carbonyl (C=O) groups excluding carboxylic acids is 1. The van der Waals surface area contributed by atoms with E-state index < -0.39 is 0 Å². The smallest absolute Gasteiger partial charge is 0.258 e. The van der Waals surface area contributed by atoms with E-state index in [0.717, 1.165) is 11.1 Å². The van der Waals surface area contributed by atoms with E-state index in [9.17, 15) is 9.18 Å². The Hall–Kier alpha value is -2.27. The van der Waals surface area contributed by atoms with Crippen molar-refractivity contribution in [2.75, 3.05) is 19.8 Å². The zero-order valence-corrected chi connectivity index (χ0v) is 14.3. The van der Waals surface area contributed by atoms with Crippen molar-refractivity contribution in [3.8, 4) is 11.5 Å². The molecule has 4 nitrogen and oxygen atoms in total. The minimum absolute atomic E-state index is 0.0862. The SMILES string of the molecule is Cc1cc(OCC(=O)NCCOc2ccc(F)cc2)cc(C)c1Cl. The molecular weight excluding hydrogens is 333 g/mol. The van der Waals surface area contributed by atoms with Gasteiger partial charge in [-0.05, 0) is 61.4 Å². The second kappa shape index (κ2) is 8.55. The van der Waals surface area contributed by atoms with Crippen molar-refractivity contribution in [2.45, 2.75) is 13.8 Å². The van der Waals surface area contributed by atoms with Crippen molar-refractivity contribution < 1.29 is 18.7 Å². The van der Waals surface area contributed by atoms with Gasteiger partial charge in [0.1, 0.15) is 23.9 Å². The minimum Gasteiger partial charge on any atom is -0.492 e. The van der Waals surface area contributed by atoms with Gasteiger partial charge in [0.05, 0.1) is 6.54 Å². The normalized spacial score (nSPS) is 10.3. The third kappa shape index (κ3) is 5.42. The van der Waals surface area contributed by atoms with E-state index in [1.165, 1.54) is 24.3 Å². The van der Waals surface area contributed by atoms with Gasteiger partial charge in [-0.3, -0.25) is 4.79 Å². The molecule has 2 aromatic carbocycles. The number of benzene rings is 2. The van der Waals surface area contributed by atoms with Crippen LogP contribution in [-0.4, -0.2) is 25.7 Å². The summed E-state index contributed by atoms with van der Waals surface area (Å²) in [6, 6.07) is 9.28. The summed E-state index contributed by atoms with van der Waals surface area (Å²) in [4.78, 5) is 11.7. The van der Waals surface area contributed by atoms with E-state index in [0.29, 0.717) is 23.1 Å². The first-order valence-corrected chi connectivity index (χ1v) is 7.88. The van der Waals surface area contributed by atoms with Gasteiger partial charge in [0.15, 0.2) is 6.61 Å². The molecule has 2 aromatic rings. The monoisotopic (exact) mass is 351 g/mol. The van der Waals surface area contributed by atoms with E-state index in [1.54, 1.807) is 12.1 Å². The van der Waals surface area contributed by atoms with Gasteiger partial charge < -0.3 is 14.8 Å². The van der Waals surface area contributed by atoms with Crippen LogP contribution in [0.1, 0.15) is 11.1 Å². The summed E-state index contributed by atoms with van der Waals surface area (Å²) in [7, 11) is 0. The fourth-order valence-corrected chi connectivity index (χ4v) is 2.19. The molecule has 0 saturated carbocycles. The molecule has 0 bridgehead atoms. The second-order valence-electron chi connectivity index (χ2n) is 5.31. The summed E-state index contributed by atoms with van der Waals surface area (Å²) in [6.07, 6.45) is 0. The number of halogens is 2. The number of nitrogens with one attached hydrogen (secondary N) is 1. The van der Waals surface area contributed by atoms with Crippen LogP contribution in [0.25, 0.3) is 0 Å². The Balaban J connectivity index is 1.69. The van der Waals surface area contributed by atoms with Gasteiger partial charge in [-0.25, -0.2) is 4.39 Å². The number of ether oxygens (including phenoxy) is 2. The Morgan fingerprint density at radius 1 is 1.08 bits per heavy atom. The lowest BCUT2D eigenvalue weighted by atomic mass is 10.1. The van der Waals surface area contributed by atoms with Crippen molar-refractivity contribution in [3.63, 3.8) is 0 Å². The molecule has 2 rings (SSSR count). The highest BCUT2D eigenvalue weighted by molar-refractivity contribution is 6.32. The predicted molar refractivity (Wildman–Crippen MR) is 91.3 cm³/mol. The van der Waals surface area contributed by atoms with Gasteiger partial charge in [-0.1, -0.05) is 11.6 Å². The summed E-state index contributed by atoms with van der Waals surface area (Å²) in [5.74, 6) is 0.588. The molecule has 0 saturated heterocycles. The van der Waals surface area contributed by atoms with Gasteiger partial charge in [-0.2, -0.15) is 0 Å². The highest BCUT2D eigenvalue weighted by atomic mass is 35.5. The highest BCUT2D eigenvalue weighted by Crippen LogP contribution is 2.25. The molecule has 0 aliphatic carbocycles. The van der Waals surface area contributed by atoms with Crippen molar-refractivity contribution in [1.29, 1.82) is 0 Å². The molecule has 128 valence electrons. The van der Waals surface area contributed by atoms with Gasteiger partial charge in [0, 0.05) is 5.02 Å². The Bertz CT molecular complexity index is 681. The molecule has 0 aromatic heterocycles. The molecule has 1 amide bonds. The zero-order chi connectivity index (χ0) is 17.5. The molecule has 24 heavy (non-hydrogen) atoms. The topological polar surface area (TPSA) is 47.6 Å². The third-order valence-electron chi connectivity index (χ3n) is 3.29. The van der Waals surface area contributed by atoms with Crippen LogP contribution in [-0.2, 0) is 4.79 Å². The lowest BCUT2D eigenvalue weighted by molar-refractivity contribution is -0.123. The standard InChI is InChI=1S/C18H19ClFNO3/c1-12-9-16(10-13(2)18(12)19)24-11-17(22)21-7-8-23-15-5-3-14(20)4-6-15/h3-6,9-10H,7-8,11H2,1-2H3,(H,21,22). The molecular formula is C18H19ClFNO3. The molecule has 0 radical (unpaired) electrons. The number of amides is 1. The predicted octanol–water partition coefficient (Wildman–Crippen LogP) is 3.67. The number of carbonyl (C=O) groups is 1. The van der Waals surface area contributed by atoms with E-state index in [2.05, 4.69) is 5.32 Å². The lowest BCUT2D eigenvalue weighted by Crippen LogP contribution is -2.32. The van der Waals surface area contributed by atoms with Crippen LogP contribution >= 0.6 is 11.6 Å². The maximum Gasteiger partial charge on any atom is 0.258 e. The quantitative estimate of drug-likeness (QED) is 0.774. The fourth-order valence-electron chi connectivity index (χ4n) is 2.08. The zero-order valence-electron chi connectivity index (χ0n) is 13.6. The van der Waals surface area contributed by atoms with Crippen LogP contribution in [0.3, 0.4) is 0 Å². The van der Waals surface area contributed by atoms with Crippen LogP contribution in [0.5, 0.6) is 11.5 Å². The van der Waals surface area contributed by atoms with E-state index >= 15 is 0 Å². The van der Waals surface area contributed by atoms with Crippen LogP contribution in [0, 0.1) is 19.7 Å². The Kier molecular flexibility index (Phi) is 6.44. The Morgan fingerprint density at radius 3 is 2.33 bits per heavy atom. The van der Waals surface area contributed by atoms with Crippen molar-refractivity contribution in [2.24, 2.45) is 0 Å². The lowest BCUT2D eigenvalue weighted by Gasteiger charge is -2.11. The maximum atomic E-state index is 12.7. The first kappa shape index (κ1) is 18.1. The van der Waals surface area contributed by atoms with Crippen molar-refractivity contribution in [1.82, 2.24) is 5.32 Å². The molecule has 0 atom stereocenters. The summed E-state index contributed by atoms with van der Waals surface area (Å²) in [6.45, 7) is 4.30. The molecule has 1 N–H and O–H groups in total. The first-order valence-electron chi connectivity index (χ1n) is 7.50. The highest BCUT2D eigenvalue weighted by Gasteiger charge is 2.06. The second-order valence-corrected chi connectivity index (χ2v) is 5.69. The van der Waals surface area contributed by atoms with E-state index in [-0.39, 0.29) is 24.9 Å². The molecule has 0 fully saturated rings. The number of hydrogen-bond donors (Lipinski definition) is 1. The van der Waals surface area contributed by atoms with Crippen LogP contribution < -0.4 is 14.8 Å². The number of aryl methyl sites for hydroxylation is 2. The maximum absolute atomic E-state index is 12.7. The van der Waals surface area contributed by atoms with Crippen LogP contribution in [0.2, 0.25) is 5.02 Å². The van der Waals surface area contributed by atoms with Crippen molar-refractivity contribution >= 4 is 17.5 Å². The third-order valence-corrected chi connectivity index (χ3v) is 3.88. The fraction of sp³-hybridized carbons (Fsp3) is 0.278. The summed E-state index contributed by atoms with van der Waals surface area (Å²) in [5, 5.41) is 3.38. The summed E-state index contributed by atoms with van der Waals surface area (Å²) < 4.78 is 23.6. The largest absolute Gasteiger partial charge is 0.492 e. The summed E-state index contributed by atoms with van der Waals surface area (Å²) in [5.41, 5.74) is 1.81. The molecule has 0 aliphatic rings. The average molecular weight is 352 g/mol. The van der Waals surface area contributed by atoms with Crippen molar-refractivity contribution in [3.05, 3.63) is 58.4 Å². The van der Waals surface area contributed by atoms with Gasteiger partial charge in [0.2, 0.25) is 0 Å². The molecule has 0 aliphatic heterocycles.